The molecule has 2 heterocycles. The summed E-state index contributed by atoms with van der Waals surface area (Å²) in [6.07, 6.45) is 0.743. The first-order valence-corrected chi connectivity index (χ1v) is 7.50. The molecule has 0 saturated carbocycles. The zero-order valence-electron chi connectivity index (χ0n) is 13.1. The van der Waals surface area contributed by atoms with Gasteiger partial charge in [-0.05, 0) is 13.0 Å². The van der Waals surface area contributed by atoms with E-state index in [1.54, 1.807) is 11.7 Å². The van der Waals surface area contributed by atoms with Crippen molar-refractivity contribution in [1.29, 1.82) is 0 Å². The van der Waals surface area contributed by atoms with Crippen LogP contribution in [0.2, 0.25) is 0 Å². The number of carbonyl (C=O) groups is 1. The number of likely N-dealkylation sites (N-methyl/N-ethyl adjacent to an activating group) is 1. The number of hydrogen-bond donors (Lipinski definition) is 2. The van der Waals surface area contributed by atoms with Gasteiger partial charge in [0, 0.05) is 26.7 Å². The maximum atomic E-state index is 12.3. The van der Waals surface area contributed by atoms with E-state index in [1.165, 1.54) is 0 Å². The van der Waals surface area contributed by atoms with E-state index in [-0.39, 0.29) is 12.0 Å². The number of hydrogen-bond acceptors (Lipinski definition) is 5. The molecule has 3 N–H and O–H groups in total. The lowest BCUT2D eigenvalue weighted by Crippen LogP contribution is -2.47. The van der Waals surface area contributed by atoms with Crippen molar-refractivity contribution in [2.75, 3.05) is 38.5 Å². The van der Waals surface area contributed by atoms with Gasteiger partial charge in [0.25, 0.3) is 5.91 Å². The topological polar surface area (TPSA) is 85.4 Å². The molecule has 1 amide bonds. The molecule has 1 fully saturated rings. The Hall–Kier alpha value is -1.60. The van der Waals surface area contributed by atoms with Crippen molar-refractivity contribution in [3.05, 3.63) is 11.4 Å². The molecular weight excluding hydrogens is 270 g/mol. The van der Waals surface area contributed by atoms with Crippen molar-refractivity contribution in [3.8, 4) is 0 Å². The number of aryl methyl sites for hydroxylation is 2. The molecule has 7 heteroatoms. The Morgan fingerprint density at radius 3 is 2.90 bits per heavy atom. The minimum Gasteiger partial charge on any atom is -0.395 e. The first kappa shape index (κ1) is 15.8. The lowest BCUT2D eigenvalue weighted by Gasteiger charge is -2.32. The Morgan fingerprint density at radius 1 is 1.52 bits per heavy atom. The molecule has 0 aliphatic carbocycles. The highest BCUT2D eigenvalue weighted by Gasteiger charge is 2.22. The first-order valence-electron chi connectivity index (χ1n) is 7.50. The highest BCUT2D eigenvalue weighted by molar-refractivity contribution is 5.98. The van der Waals surface area contributed by atoms with E-state index in [2.05, 4.69) is 22.2 Å². The molecule has 0 spiro atoms. The van der Waals surface area contributed by atoms with E-state index in [0.29, 0.717) is 31.0 Å². The van der Waals surface area contributed by atoms with Gasteiger partial charge >= 0.3 is 0 Å². The zero-order valence-corrected chi connectivity index (χ0v) is 13.1. The van der Waals surface area contributed by atoms with E-state index < -0.39 is 0 Å². The number of aromatic nitrogens is 2. The standard InChI is InChI=1S/C14H25N5O2/c1-4-11-12(15)13(18(3)17-11)14(20)16-8-10-9-19(5-2)6-7-21-10/h10H,4-9,15H2,1-3H3,(H,16,20). The third-order valence-corrected chi connectivity index (χ3v) is 3.87. The van der Waals surface area contributed by atoms with Crippen molar-refractivity contribution in [2.24, 2.45) is 7.05 Å². The molecule has 118 valence electrons. The van der Waals surface area contributed by atoms with Gasteiger partial charge in [-0.1, -0.05) is 13.8 Å². The van der Waals surface area contributed by atoms with Gasteiger partial charge in [0.05, 0.1) is 24.1 Å². The van der Waals surface area contributed by atoms with Gasteiger partial charge in [0.2, 0.25) is 0 Å². The maximum Gasteiger partial charge on any atom is 0.271 e. The Bertz CT molecular complexity index is 500. The normalized spacial score (nSPS) is 19.7. The maximum absolute atomic E-state index is 12.3. The molecule has 2 rings (SSSR count). The Labute approximate surface area is 125 Å². The van der Waals surface area contributed by atoms with E-state index in [9.17, 15) is 4.79 Å². The summed E-state index contributed by atoms with van der Waals surface area (Å²) in [5, 5.41) is 7.16. The first-order chi connectivity index (χ1) is 10.1. The van der Waals surface area contributed by atoms with Crippen LogP contribution in [0.4, 0.5) is 5.69 Å². The number of rotatable bonds is 5. The number of nitrogens with one attached hydrogen (secondary N) is 1. The molecule has 7 nitrogen and oxygen atoms in total. The van der Waals surface area contributed by atoms with Crippen molar-refractivity contribution in [1.82, 2.24) is 20.0 Å². The van der Waals surface area contributed by atoms with Gasteiger partial charge in [-0.3, -0.25) is 14.4 Å². The molecule has 1 aliphatic heterocycles. The van der Waals surface area contributed by atoms with Crippen LogP contribution in [-0.4, -0.2) is 59.5 Å². The Morgan fingerprint density at radius 2 is 2.29 bits per heavy atom. The summed E-state index contributed by atoms with van der Waals surface area (Å²) in [7, 11) is 1.74. The predicted molar refractivity (Wildman–Crippen MR) is 81.2 cm³/mol. The second-order valence-electron chi connectivity index (χ2n) is 5.28. The van der Waals surface area contributed by atoms with Crippen LogP contribution >= 0.6 is 0 Å². The third kappa shape index (κ3) is 3.54. The average molecular weight is 295 g/mol. The van der Waals surface area contributed by atoms with Crippen LogP contribution < -0.4 is 11.1 Å². The highest BCUT2D eigenvalue weighted by Crippen LogP contribution is 2.16. The summed E-state index contributed by atoms with van der Waals surface area (Å²) >= 11 is 0. The largest absolute Gasteiger partial charge is 0.395 e. The summed E-state index contributed by atoms with van der Waals surface area (Å²) in [6, 6.07) is 0. The highest BCUT2D eigenvalue weighted by atomic mass is 16.5. The number of nitrogen functional groups attached to an aromatic ring is 1. The average Bonchev–Trinajstić information content (AvgIpc) is 2.79. The van der Waals surface area contributed by atoms with E-state index in [4.69, 9.17) is 10.5 Å². The van der Waals surface area contributed by atoms with Gasteiger partial charge in [-0.25, -0.2) is 0 Å². The lowest BCUT2D eigenvalue weighted by molar-refractivity contribution is -0.0246. The van der Waals surface area contributed by atoms with Crippen LogP contribution in [0, 0.1) is 0 Å². The number of ether oxygens (including phenoxy) is 1. The number of carbonyl (C=O) groups excluding carboxylic acids is 1. The quantitative estimate of drug-likeness (QED) is 0.799. The molecule has 21 heavy (non-hydrogen) atoms. The third-order valence-electron chi connectivity index (χ3n) is 3.87. The molecular formula is C14H25N5O2. The summed E-state index contributed by atoms with van der Waals surface area (Å²) in [5.74, 6) is -0.195. The molecule has 1 aromatic rings. The van der Waals surface area contributed by atoms with E-state index >= 15 is 0 Å². The van der Waals surface area contributed by atoms with Crippen LogP contribution in [0.5, 0.6) is 0 Å². The number of nitrogens with two attached hydrogens (primary N) is 1. The summed E-state index contributed by atoms with van der Waals surface area (Å²) < 4.78 is 7.22. The predicted octanol–water partition coefficient (Wildman–Crippen LogP) is 0.0152. The van der Waals surface area contributed by atoms with E-state index in [0.717, 1.165) is 25.3 Å². The van der Waals surface area contributed by atoms with Gasteiger partial charge in [-0.15, -0.1) is 0 Å². The number of nitrogens with zero attached hydrogens (tertiary/aromatic N) is 3. The monoisotopic (exact) mass is 295 g/mol. The van der Waals surface area contributed by atoms with Gasteiger partial charge in [0.15, 0.2) is 0 Å². The molecule has 0 aromatic carbocycles. The SMILES string of the molecule is CCc1nn(C)c(C(=O)NCC2CN(CC)CCO2)c1N. The van der Waals surface area contributed by atoms with Gasteiger partial charge < -0.3 is 15.8 Å². The Balaban J connectivity index is 1.94. The number of morpholine rings is 1. The minimum absolute atomic E-state index is 0.0303. The van der Waals surface area contributed by atoms with Crippen molar-refractivity contribution >= 4 is 11.6 Å². The number of anilines is 1. The van der Waals surface area contributed by atoms with Crippen molar-refractivity contribution in [3.63, 3.8) is 0 Å². The second-order valence-corrected chi connectivity index (χ2v) is 5.28. The zero-order chi connectivity index (χ0) is 15.4. The van der Waals surface area contributed by atoms with Crippen LogP contribution in [0.25, 0.3) is 0 Å². The van der Waals surface area contributed by atoms with Gasteiger partial charge in [-0.2, -0.15) is 5.10 Å². The molecule has 1 atom stereocenters. The van der Waals surface area contributed by atoms with Gasteiger partial charge in [0.1, 0.15) is 5.69 Å². The molecule has 0 radical (unpaired) electrons. The Kier molecular flexibility index (Phi) is 5.19. The van der Waals surface area contributed by atoms with Crippen molar-refractivity contribution in [2.45, 2.75) is 26.4 Å². The lowest BCUT2D eigenvalue weighted by atomic mass is 10.2. The minimum atomic E-state index is -0.195. The van der Waals surface area contributed by atoms with Crippen LogP contribution in [0.3, 0.4) is 0 Å². The molecule has 1 unspecified atom stereocenters. The van der Waals surface area contributed by atoms with Crippen LogP contribution in [0.1, 0.15) is 30.0 Å². The fraction of sp³-hybridized carbons (Fsp3) is 0.714. The summed E-state index contributed by atoms with van der Waals surface area (Å²) in [5.41, 5.74) is 7.64. The smallest absolute Gasteiger partial charge is 0.271 e. The molecule has 1 aromatic heterocycles. The summed E-state index contributed by atoms with van der Waals surface area (Å²) in [4.78, 5) is 14.6. The number of amides is 1. The fourth-order valence-corrected chi connectivity index (χ4v) is 2.61. The van der Waals surface area contributed by atoms with E-state index in [1.807, 2.05) is 6.92 Å². The molecule has 1 saturated heterocycles. The van der Waals surface area contributed by atoms with Crippen molar-refractivity contribution < 1.29 is 9.53 Å². The van der Waals surface area contributed by atoms with Crippen LogP contribution in [-0.2, 0) is 18.2 Å². The fourth-order valence-electron chi connectivity index (χ4n) is 2.61. The second kappa shape index (κ2) is 6.91. The van der Waals surface area contributed by atoms with Crippen LogP contribution in [0.15, 0.2) is 0 Å². The molecule has 1 aliphatic rings. The molecule has 0 bridgehead atoms. The summed E-state index contributed by atoms with van der Waals surface area (Å²) in [6.45, 7) is 8.10.